The van der Waals surface area contributed by atoms with Gasteiger partial charge in [-0.3, -0.25) is 9.59 Å². The number of rotatable bonds is 3. The van der Waals surface area contributed by atoms with Crippen molar-refractivity contribution < 1.29 is 62.0 Å². The molecule has 0 bridgehead atoms. The Kier molecular flexibility index (Phi) is 7.42. The molecule has 2 aromatic rings. The van der Waals surface area contributed by atoms with Crippen molar-refractivity contribution in [3.05, 3.63) is 68.8 Å². The molecule has 0 saturated carbocycles. The number of alkyl halides is 4. The molecule has 0 fully saturated rings. The Balaban J connectivity index is 0.000000248. The topological polar surface area (TPSA) is 112 Å². The Hall–Kier alpha value is -2.25. The minimum absolute atomic E-state index is 0.0322. The number of fused-ring (bicyclic) bond motifs is 1. The number of halogens is 4. The molecule has 0 radical (unpaired) electrons. The van der Waals surface area contributed by atoms with Gasteiger partial charge in [0.25, 0.3) is 9.36 Å². The molecule has 0 spiro atoms. The first-order valence-corrected chi connectivity index (χ1v) is 12.1. The molecule has 30 heavy (non-hydrogen) atoms. The van der Waals surface area contributed by atoms with Crippen molar-refractivity contribution in [1.82, 2.24) is 0 Å². The number of ketones is 2. The van der Waals surface area contributed by atoms with E-state index in [-0.39, 0.29) is 19.6 Å². The second-order valence-corrected chi connectivity index (χ2v) is 10.0. The summed E-state index contributed by atoms with van der Waals surface area (Å²) >= 11 is -1.79. The van der Waals surface area contributed by atoms with Crippen molar-refractivity contribution in [2.45, 2.75) is 18.0 Å². The maximum absolute atomic E-state index is 12.2. The van der Waals surface area contributed by atoms with E-state index in [4.69, 9.17) is 0 Å². The summed E-state index contributed by atoms with van der Waals surface area (Å²) in [4.78, 5) is 23.3. The zero-order valence-electron chi connectivity index (χ0n) is 15.2. The number of hydrogen-bond acceptors (Lipinski definition) is 6. The van der Waals surface area contributed by atoms with Gasteiger partial charge >= 0.3 is 27.4 Å². The molecule has 0 aromatic heterocycles. The van der Waals surface area contributed by atoms with Gasteiger partial charge in [-0.1, -0.05) is 42.0 Å². The van der Waals surface area contributed by atoms with E-state index in [9.17, 15) is 40.8 Å². The highest BCUT2D eigenvalue weighted by atomic mass is 127. The van der Waals surface area contributed by atoms with Crippen LogP contribution in [-0.4, -0.2) is 40.2 Å². The third-order valence-electron chi connectivity index (χ3n) is 3.70. The molecule has 1 aliphatic rings. The molecule has 160 valence electrons. The second kappa shape index (κ2) is 9.27. The van der Waals surface area contributed by atoms with Gasteiger partial charge in [-0.05, 0) is 19.1 Å². The summed E-state index contributed by atoms with van der Waals surface area (Å²) in [6.45, 7) is 1.82. The van der Waals surface area contributed by atoms with Gasteiger partial charge in [0.05, 0.1) is 4.90 Å². The molecule has 0 atom stereocenters. The first-order valence-electron chi connectivity index (χ1n) is 8.11. The largest absolute Gasteiger partial charge is 0.744 e. The lowest BCUT2D eigenvalue weighted by Crippen LogP contribution is -3.63. The number of aryl methyl sites for hydroxylation is 1. The molecule has 0 amide bonds. The molecule has 0 saturated heterocycles. The van der Waals surface area contributed by atoms with Crippen molar-refractivity contribution in [2.75, 3.05) is 4.43 Å². The van der Waals surface area contributed by atoms with E-state index in [1.54, 1.807) is 12.1 Å². The number of carbonyl (C=O) groups is 2. The van der Waals surface area contributed by atoms with E-state index < -0.39 is 59.3 Å². The normalized spacial score (nSPS) is 14.2. The quantitative estimate of drug-likeness (QED) is 0.252. The van der Waals surface area contributed by atoms with E-state index in [0.29, 0.717) is 0 Å². The molecule has 2 aromatic carbocycles. The van der Waals surface area contributed by atoms with Crippen LogP contribution in [0.5, 0.6) is 0 Å². The van der Waals surface area contributed by atoms with Crippen molar-refractivity contribution >= 4 is 27.4 Å². The molecular formula is C19H14F3IO6S. The zero-order chi connectivity index (χ0) is 22.7. The summed E-state index contributed by atoms with van der Waals surface area (Å²) in [5, 5.41) is 9.87. The molecular weight excluding hydrogens is 540 g/mol. The number of benzene rings is 2. The lowest BCUT2D eigenvalue weighted by molar-refractivity contribution is -0.625. The van der Waals surface area contributed by atoms with Crippen LogP contribution in [0.4, 0.5) is 13.2 Å². The maximum atomic E-state index is 12.2. The minimum atomic E-state index is -4.40. The van der Waals surface area contributed by atoms with Crippen LogP contribution in [-0.2, 0) is 14.9 Å². The number of allylic oxidation sites excluding steroid dienone is 1. The third-order valence-corrected chi connectivity index (χ3v) is 7.56. The molecule has 11 heteroatoms. The molecule has 0 aliphatic heterocycles. The van der Waals surface area contributed by atoms with Gasteiger partial charge < -0.3 is 9.66 Å². The molecule has 3 rings (SSSR count). The lowest BCUT2D eigenvalue weighted by atomic mass is 9.94. The second-order valence-electron chi connectivity index (χ2n) is 6.02. The summed E-state index contributed by atoms with van der Waals surface area (Å²) in [5.41, 5.74) is 1.09. The first kappa shape index (κ1) is 24.0. The van der Waals surface area contributed by atoms with Gasteiger partial charge in [-0.15, -0.1) is 0 Å². The third kappa shape index (κ3) is 6.12. The summed E-state index contributed by atoms with van der Waals surface area (Å²) in [6, 6.07) is 11.6. The molecule has 0 unspecified atom stereocenters. The van der Waals surface area contributed by atoms with Crippen molar-refractivity contribution in [3.8, 4) is 0 Å². The summed E-state index contributed by atoms with van der Waals surface area (Å²) in [7, 11) is -4.27. The first-order chi connectivity index (χ1) is 13.8. The van der Waals surface area contributed by atoms with E-state index in [2.05, 4.69) is 0 Å². The SMILES string of the molecule is Cc1ccc(S(=O)(=O)[O-])cc1.O=C1C(=O)c2ccccc2C(O)=C1[I+]CC(F)(F)F. The Morgan fingerprint density at radius 2 is 1.50 bits per heavy atom. The monoisotopic (exact) mass is 554 g/mol. The molecule has 0 heterocycles. The van der Waals surface area contributed by atoms with Crippen LogP contribution in [0.15, 0.2) is 57.0 Å². The van der Waals surface area contributed by atoms with Crippen LogP contribution in [0.1, 0.15) is 21.5 Å². The fourth-order valence-electron chi connectivity index (χ4n) is 2.31. The number of carbonyl (C=O) groups excluding carboxylic acids is 2. The predicted molar refractivity (Wildman–Crippen MR) is 95.4 cm³/mol. The van der Waals surface area contributed by atoms with Crippen LogP contribution < -0.4 is 21.2 Å². The lowest BCUT2D eigenvalue weighted by Gasteiger charge is -2.11. The van der Waals surface area contributed by atoms with Gasteiger partial charge in [0.15, 0.2) is 5.76 Å². The number of Topliss-reactive ketones (excluding diaryl/α,β-unsaturated/α-hetero) is 2. The van der Waals surface area contributed by atoms with Crippen LogP contribution in [0.25, 0.3) is 5.76 Å². The number of hydrogen-bond donors (Lipinski definition) is 1. The van der Waals surface area contributed by atoms with Crippen molar-refractivity contribution in [2.24, 2.45) is 0 Å². The average molecular weight is 554 g/mol. The van der Waals surface area contributed by atoms with Gasteiger partial charge in [-0.2, -0.15) is 13.2 Å². The maximum Gasteiger partial charge on any atom is 0.432 e. The predicted octanol–water partition coefficient (Wildman–Crippen LogP) is 0.229. The Morgan fingerprint density at radius 1 is 0.967 bits per heavy atom. The average Bonchev–Trinajstić information content (AvgIpc) is 2.65. The van der Waals surface area contributed by atoms with Crippen LogP contribution in [0.3, 0.4) is 0 Å². The van der Waals surface area contributed by atoms with Crippen LogP contribution in [0.2, 0.25) is 0 Å². The highest BCUT2D eigenvalue weighted by Crippen LogP contribution is 2.24. The molecule has 6 nitrogen and oxygen atoms in total. The fraction of sp³-hybridized carbons (Fsp3) is 0.158. The van der Waals surface area contributed by atoms with Gasteiger partial charge in [-0.25, -0.2) is 8.42 Å². The molecule has 1 aliphatic carbocycles. The minimum Gasteiger partial charge on any atom is -0.744 e. The van der Waals surface area contributed by atoms with Crippen molar-refractivity contribution in [3.63, 3.8) is 0 Å². The number of aliphatic hydroxyl groups is 1. The van der Waals surface area contributed by atoms with E-state index in [1.807, 2.05) is 6.92 Å². The summed E-state index contributed by atoms with van der Waals surface area (Å²) in [6.07, 6.45) is -4.40. The van der Waals surface area contributed by atoms with E-state index in [0.717, 1.165) is 5.56 Å². The van der Waals surface area contributed by atoms with Crippen molar-refractivity contribution in [1.29, 1.82) is 0 Å². The smallest absolute Gasteiger partial charge is 0.432 e. The van der Waals surface area contributed by atoms with Gasteiger partial charge in [0.1, 0.15) is 10.1 Å². The zero-order valence-corrected chi connectivity index (χ0v) is 18.2. The number of aliphatic hydroxyl groups excluding tert-OH is 1. The highest BCUT2D eigenvalue weighted by molar-refractivity contribution is 7.85. The Morgan fingerprint density at radius 3 is 2.00 bits per heavy atom. The highest BCUT2D eigenvalue weighted by Gasteiger charge is 2.45. The van der Waals surface area contributed by atoms with Gasteiger partial charge in [0.2, 0.25) is 10.2 Å². The van der Waals surface area contributed by atoms with Gasteiger partial charge in [0, 0.05) is 11.1 Å². The van der Waals surface area contributed by atoms with Crippen LogP contribution >= 0.6 is 0 Å². The summed E-state index contributed by atoms with van der Waals surface area (Å²) < 4.78 is 66.2. The van der Waals surface area contributed by atoms with Crippen LogP contribution in [0, 0.1) is 6.92 Å². The Labute approximate surface area is 180 Å². The summed E-state index contributed by atoms with van der Waals surface area (Å²) in [5.74, 6) is -2.37. The fourth-order valence-corrected chi connectivity index (χ4v) is 4.83. The Bertz CT molecular complexity index is 1110. The standard InChI is InChI=1S/C12H6F3IO3.C7H8O3S/c13-12(14,15)5-16-8-9(17)6-3-1-2-4-7(6)10(18)11(8)19;1-6-2-4-7(5-3-6)11(8,9)10/h1-4H,5H2;2-5H,1H3,(H,8,9,10). The van der Waals surface area contributed by atoms with E-state index >= 15 is 0 Å². The van der Waals surface area contributed by atoms with E-state index in [1.165, 1.54) is 36.4 Å². The molecule has 1 N–H and O–H groups in total.